The summed E-state index contributed by atoms with van der Waals surface area (Å²) in [5.74, 6) is -3.28. The summed E-state index contributed by atoms with van der Waals surface area (Å²) in [7, 11) is 0. The predicted molar refractivity (Wildman–Crippen MR) is 107 cm³/mol. The Morgan fingerprint density at radius 1 is 1.03 bits per heavy atom. The first kappa shape index (κ1) is 22.6. The van der Waals surface area contributed by atoms with E-state index in [1.54, 1.807) is 12.1 Å². The fourth-order valence-electron chi connectivity index (χ4n) is 2.50. The molecule has 0 bridgehead atoms. The van der Waals surface area contributed by atoms with E-state index in [9.17, 15) is 22.8 Å². The Hall–Kier alpha value is -2.68. The maximum absolute atomic E-state index is 12.9. The van der Waals surface area contributed by atoms with Crippen LogP contribution in [0.15, 0.2) is 53.4 Å². The number of carbonyl (C=O) groups is 2. The lowest BCUT2D eigenvalue weighted by Crippen LogP contribution is -2.47. The van der Waals surface area contributed by atoms with Crippen molar-refractivity contribution in [2.24, 2.45) is 0 Å². The van der Waals surface area contributed by atoms with Gasteiger partial charge in [-0.15, -0.1) is 0 Å². The Morgan fingerprint density at radius 2 is 1.69 bits per heavy atom. The third-order valence-corrected chi connectivity index (χ3v) is 4.64. The van der Waals surface area contributed by atoms with Crippen molar-refractivity contribution in [3.8, 4) is 0 Å². The summed E-state index contributed by atoms with van der Waals surface area (Å²) in [4.78, 5) is 25.0. The molecule has 5 nitrogen and oxygen atoms in total. The van der Waals surface area contributed by atoms with Crippen LogP contribution in [0.4, 0.5) is 23.7 Å². The molecule has 3 amide bonds. The highest BCUT2D eigenvalue weighted by Gasteiger charge is 2.20. The largest absolute Gasteiger partial charge is 0.334 e. The van der Waals surface area contributed by atoms with Crippen molar-refractivity contribution in [1.29, 1.82) is 0 Å². The van der Waals surface area contributed by atoms with Gasteiger partial charge in [-0.05, 0) is 48.4 Å². The second-order valence-corrected chi connectivity index (χ2v) is 7.25. The molecule has 2 rings (SSSR count). The van der Waals surface area contributed by atoms with Crippen molar-refractivity contribution in [3.63, 3.8) is 0 Å². The van der Waals surface area contributed by atoms with E-state index in [2.05, 4.69) is 16.0 Å². The standard InChI is InChI=1S/C20H22F3N3O2S/c1-2-3-17(26-20(28)24-12-13-4-6-14(21)7-5-13)18(27)25-15-8-10-16(11-9-15)29-19(22)23/h4-11,17,19H,2-3,12H2,1H3,(H,25,27)(H2,24,26,28). The third kappa shape index (κ3) is 8.06. The lowest BCUT2D eigenvalue weighted by molar-refractivity contribution is -0.118. The van der Waals surface area contributed by atoms with E-state index in [4.69, 9.17) is 0 Å². The molecule has 0 saturated heterocycles. The topological polar surface area (TPSA) is 70.2 Å². The summed E-state index contributed by atoms with van der Waals surface area (Å²) in [5.41, 5.74) is 1.17. The second kappa shape index (κ2) is 11.4. The lowest BCUT2D eigenvalue weighted by Gasteiger charge is -2.18. The Labute approximate surface area is 171 Å². The number of rotatable bonds is 9. The van der Waals surface area contributed by atoms with Gasteiger partial charge in [0.05, 0.1) is 0 Å². The SMILES string of the molecule is CCCC(NC(=O)NCc1ccc(F)cc1)C(=O)Nc1ccc(SC(F)F)cc1. The highest BCUT2D eigenvalue weighted by molar-refractivity contribution is 7.99. The molecule has 1 unspecified atom stereocenters. The molecule has 0 saturated carbocycles. The van der Waals surface area contributed by atoms with Gasteiger partial charge in [0.2, 0.25) is 5.91 Å². The summed E-state index contributed by atoms with van der Waals surface area (Å²) in [5, 5.41) is 7.92. The lowest BCUT2D eigenvalue weighted by atomic mass is 10.1. The zero-order valence-corrected chi connectivity index (χ0v) is 16.6. The number of anilines is 1. The average Bonchev–Trinajstić information content (AvgIpc) is 2.68. The molecule has 2 aromatic rings. The van der Waals surface area contributed by atoms with Crippen LogP contribution in [0, 0.1) is 5.82 Å². The van der Waals surface area contributed by atoms with E-state index >= 15 is 0 Å². The van der Waals surface area contributed by atoms with Crippen LogP contribution in [0.1, 0.15) is 25.3 Å². The maximum Gasteiger partial charge on any atom is 0.315 e. The second-order valence-electron chi connectivity index (χ2n) is 6.19. The van der Waals surface area contributed by atoms with E-state index < -0.39 is 23.7 Å². The van der Waals surface area contributed by atoms with Crippen LogP contribution in [0.2, 0.25) is 0 Å². The van der Waals surface area contributed by atoms with Crippen molar-refractivity contribution in [2.45, 2.75) is 43.0 Å². The first-order chi connectivity index (χ1) is 13.9. The van der Waals surface area contributed by atoms with Crippen LogP contribution in [0.3, 0.4) is 0 Å². The fraction of sp³-hybridized carbons (Fsp3) is 0.300. The summed E-state index contributed by atoms with van der Waals surface area (Å²) < 4.78 is 37.6. The van der Waals surface area contributed by atoms with Gasteiger partial charge in [0.15, 0.2) is 0 Å². The Bertz CT molecular complexity index is 802. The van der Waals surface area contributed by atoms with Crippen molar-refractivity contribution in [3.05, 3.63) is 59.9 Å². The summed E-state index contributed by atoms with van der Waals surface area (Å²) in [6.07, 6.45) is 1.09. The fourth-order valence-corrected chi connectivity index (χ4v) is 3.00. The monoisotopic (exact) mass is 425 g/mol. The number of halogens is 3. The highest BCUT2D eigenvalue weighted by Crippen LogP contribution is 2.26. The number of thioether (sulfide) groups is 1. The zero-order valence-electron chi connectivity index (χ0n) is 15.8. The first-order valence-electron chi connectivity index (χ1n) is 9.02. The van der Waals surface area contributed by atoms with Crippen LogP contribution < -0.4 is 16.0 Å². The van der Waals surface area contributed by atoms with Crippen LogP contribution in [0.5, 0.6) is 0 Å². The van der Waals surface area contributed by atoms with Crippen molar-refractivity contribution in [2.75, 3.05) is 5.32 Å². The molecule has 0 spiro atoms. The Balaban J connectivity index is 1.88. The number of amides is 3. The number of benzene rings is 2. The van der Waals surface area contributed by atoms with Gasteiger partial charge in [0.1, 0.15) is 11.9 Å². The van der Waals surface area contributed by atoms with Gasteiger partial charge in [0.25, 0.3) is 5.76 Å². The van der Waals surface area contributed by atoms with E-state index in [-0.39, 0.29) is 12.4 Å². The van der Waals surface area contributed by atoms with Crippen molar-refractivity contribution in [1.82, 2.24) is 10.6 Å². The van der Waals surface area contributed by atoms with Gasteiger partial charge in [-0.2, -0.15) is 8.78 Å². The van der Waals surface area contributed by atoms with Gasteiger partial charge in [-0.1, -0.05) is 37.2 Å². The van der Waals surface area contributed by atoms with Gasteiger partial charge in [0, 0.05) is 17.1 Å². The van der Waals surface area contributed by atoms with E-state index in [0.29, 0.717) is 35.2 Å². The molecule has 0 aliphatic heterocycles. The van der Waals surface area contributed by atoms with Crippen molar-refractivity contribution >= 4 is 29.4 Å². The molecule has 156 valence electrons. The molecule has 0 aliphatic rings. The molecule has 0 aliphatic carbocycles. The normalized spacial score (nSPS) is 11.8. The molecule has 29 heavy (non-hydrogen) atoms. The summed E-state index contributed by atoms with van der Waals surface area (Å²) >= 11 is 0.421. The Morgan fingerprint density at radius 3 is 2.28 bits per heavy atom. The minimum Gasteiger partial charge on any atom is -0.334 e. The van der Waals surface area contributed by atoms with Crippen LogP contribution >= 0.6 is 11.8 Å². The number of hydrogen-bond acceptors (Lipinski definition) is 3. The Kier molecular flexibility index (Phi) is 8.85. The number of hydrogen-bond donors (Lipinski definition) is 3. The molecule has 0 fully saturated rings. The van der Waals surface area contributed by atoms with E-state index in [0.717, 1.165) is 5.56 Å². The number of urea groups is 1. The molecular weight excluding hydrogens is 403 g/mol. The van der Waals surface area contributed by atoms with Gasteiger partial charge >= 0.3 is 6.03 Å². The van der Waals surface area contributed by atoms with Crippen molar-refractivity contribution < 1.29 is 22.8 Å². The highest BCUT2D eigenvalue weighted by atomic mass is 32.2. The number of nitrogens with one attached hydrogen (secondary N) is 3. The average molecular weight is 425 g/mol. The molecule has 9 heteroatoms. The van der Waals surface area contributed by atoms with E-state index in [1.165, 1.54) is 36.4 Å². The number of alkyl halides is 2. The third-order valence-electron chi connectivity index (χ3n) is 3.91. The van der Waals surface area contributed by atoms with Gasteiger partial charge in [-0.25, -0.2) is 9.18 Å². The quantitative estimate of drug-likeness (QED) is 0.508. The number of carbonyl (C=O) groups excluding carboxylic acids is 2. The maximum atomic E-state index is 12.9. The van der Waals surface area contributed by atoms with Gasteiger partial charge in [-0.3, -0.25) is 4.79 Å². The summed E-state index contributed by atoms with van der Waals surface area (Å²) in [6.45, 7) is 2.07. The molecule has 0 aromatic heterocycles. The molecule has 3 N–H and O–H groups in total. The van der Waals surface area contributed by atoms with Crippen LogP contribution in [0.25, 0.3) is 0 Å². The molecule has 0 heterocycles. The minimum atomic E-state index is -2.51. The smallest absolute Gasteiger partial charge is 0.315 e. The predicted octanol–water partition coefficient (Wildman–Crippen LogP) is 4.75. The molecular formula is C20H22F3N3O2S. The summed E-state index contributed by atoms with van der Waals surface area (Å²) in [6, 6.07) is 10.5. The zero-order chi connectivity index (χ0) is 21.2. The minimum absolute atomic E-state index is 0.190. The molecule has 2 aromatic carbocycles. The van der Waals surface area contributed by atoms with Gasteiger partial charge < -0.3 is 16.0 Å². The molecule has 0 radical (unpaired) electrons. The van der Waals surface area contributed by atoms with Crippen LogP contribution in [-0.2, 0) is 11.3 Å². The van der Waals surface area contributed by atoms with Crippen LogP contribution in [-0.4, -0.2) is 23.7 Å². The first-order valence-corrected chi connectivity index (χ1v) is 9.90. The molecule has 1 atom stereocenters. The van der Waals surface area contributed by atoms with E-state index in [1.807, 2.05) is 6.92 Å².